The van der Waals surface area contributed by atoms with Crippen LogP contribution in [0.2, 0.25) is 0 Å². The fourth-order valence-corrected chi connectivity index (χ4v) is 1.25. The molecule has 0 amide bonds. The minimum absolute atomic E-state index is 0. The van der Waals surface area contributed by atoms with Gasteiger partial charge in [-0.15, -0.1) is 12.4 Å². The molecule has 0 fully saturated rings. The zero-order valence-electron chi connectivity index (χ0n) is 9.12. The second kappa shape index (κ2) is 6.09. The Balaban J connectivity index is 0.00000256. The van der Waals surface area contributed by atoms with Gasteiger partial charge in [0, 0.05) is 12.6 Å². The van der Waals surface area contributed by atoms with Gasteiger partial charge in [0.15, 0.2) is 0 Å². The number of rotatable bonds is 3. The molecule has 0 aliphatic heterocycles. The van der Waals surface area contributed by atoms with Crippen LogP contribution >= 0.6 is 12.4 Å². The molecular formula is C10H14ClF3N2O. The number of benzene rings is 1. The van der Waals surface area contributed by atoms with Crippen LogP contribution in [0.25, 0.3) is 0 Å². The predicted octanol–water partition coefficient (Wildman–Crippen LogP) is 2.09. The van der Waals surface area contributed by atoms with E-state index in [0.29, 0.717) is 5.56 Å². The molecule has 0 bridgehead atoms. The topological polar surface area (TPSA) is 61.3 Å². The third-order valence-corrected chi connectivity index (χ3v) is 2.17. The second-order valence-corrected chi connectivity index (χ2v) is 3.33. The van der Waals surface area contributed by atoms with Gasteiger partial charge in [-0.05, 0) is 23.8 Å². The van der Waals surface area contributed by atoms with Crippen molar-refractivity contribution < 1.29 is 17.9 Å². The average Bonchev–Trinajstić information content (AvgIpc) is 2.26. The molecule has 0 radical (unpaired) electrons. The summed E-state index contributed by atoms with van der Waals surface area (Å²) in [5, 5.41) is 0. The first-order chi connectivity index (χ1) is 7.38. The summed E-state index contributed by atoms with van der Waals surface area (Å²) in [5.74, 6) is 0.119. The fraction of sp³-hybridized carbons (Fsp3) is 0.400. The van der Waals surface area contributed by atoms with Crippen LogP contribution in [-0.4, -0.2) is 13.7 Å². The Bertz CT molecular complexity index is 371. The lowest BCUT2D eigenvalue weighted by Gasteiger charge is -2.14. The molecule has 1 atom stereocenters. The largest absolute Gasteiger partial charge is 0.497 e. The van der Waals surface area contributed by atoms with Crippen LogP contribution in [0.3, 0.4) is 0 Å². The van der Waals surface area contributed by atoms with Crippen LogP contribution in [-0.2, 0) is 6.18 Å². The summed E-state index contributed by atoms with van der Waals surface area (Å²) in [7, 11) is 1.30. The molecule has 0 heterocycles. The SMILES string of the molecule is COc1cc([C@@H](N)CN)cc(C(F)(F)F)c1.Cl. The van der Waals surface area contributed by atoms with E-state index >= 15 is 0 Å². The summed E-state index contributed by atoms with van der Waals surface area (Å²) >= 11 is 0. The van der Waals surface area contributed by atoms with E-state index in [0.717, 1.165) is 12.1 Å². The number of alkyl halides is 3. The highest BCUT2D eigenvalue weighted by atomic mass is 35.5. The van der Waals surface area contributed by atoms with Gasteiger partial charge in [-0.3, -0.25) is 0 Å². The van der Waals surface area contributed by atoms with Gasteiger partial charge in [-0.1, -0.05) is 0 Å². The van der Waals surface area contributed by atoms with E-state index in [1.54, 1.807) is 0 Å². The molecule has 1 aromatic carbocycles. The molecule has 7 heteroatoms. The van der Waals surface area contributed by atoms with Crippen LogP contribution in [0.15, 0.2) is 18.2 Å². The van der Waals surface area contributed by atoms with Crippen molar-refractivity contribution in [1.82, 2.24) is 0 Å². The summed E-state index contributed by atoms with van der Waals surface area (Å²) in [4.78, 5) is 0. The first-order valence-electron chi connectivity index (χ1n) is 4.60. The maximum atomic E-state index is 12.5. The Morgan fingerprint density at radius 2 is 1.88 bits per heavy atom. The van der Waals surface area contributed by atoms with Gasteiger partial charge < -0.3 is 16.2 Å². The molecule has 0 unspecified atom stereocenters. The normalized spacial score (nSPS) is 12.8. The third-order valence-electron chi connectivity index (χ3n) is 2.17. The molecule has 98 valence electrons. The van der Waals surface area contributed by atoms with E-state index in [9.17, 15) is 13.2 Å². The van der Waals surface area contributed by atoms with E-state index in [2.05, 4.69) is 0 Å². The molecule has 1 aromatic rings. The number of hydrogen-bond acceptors (Lipinski definition) is 3. The van der Waals surface area contributed by atoms with E-state index < -0.39 is 17.8 Å². The molecule has 0 spiro atoms. The number of nitrogens with two attached hydrogens (primary N) is 2. The quantitative estimate of drug-likeness (QED) is 0.884. The number of ether oxygens (including phenoxy) is 1. The van der Waals surface area contributed by atoms with Crippen molar-refractivity contribution >= 4 is 12.4 Å². The van der Waals surface area contributed by atoms with Crippen molar-refractivity contribution in [1.29, 1.82) is 0 Å². The van der Waals surface area contributed by atoms with Gasteiger partial charge in [-0.2, -0.15) is 13.2 Å². The molecule has 3 nitrogen and oxygen atoms in total. The first kappa shape index (κ1) is 16.0. The van der Waals surface area contributed by atoms with Crippen molar-refractivity contribution in [2.24, 2.45) is 11.5 Å². The standard InChI is InChI=1S/C10H13F3N2O.ClH/c1-16-8-3-6(9(15)5-14)2-7(4-8)10(11,12)13;/h2-4,9H,5,14-15H2,1H3;1H/t9-;/m0./s1. The Hall–Kier alpha value is -0.980. The maximum absolute atomic E-state index is 12.5. The van der Waals surface area contributed by atoms with Crippen molar-refractivity contribution in [3.8, 4) is 5.75 Å². The summed E-state index contributed by atoms with van der Waals surface area (Å²) in [6, 6.07) is 2.73. The zero-order valence-corrected chi connectivity index (χ0v) is 9.94. The number of hydrogen-bond donors (Lipinski definition) is 2. The number of methoxy groups -OCH3 is 1. The Morgan fingerprint density at radius 3 is 2.29 bits per heavy atom. The monoisotopic (exact) mass is 270 g/mol. The van der Waals surface area contributed by atoms with E-state index in [-0.39, 0.29) is 24.7 Å². The molecule has 1 rings (SSSR count). The molecule has 0 aromatic heterocycles. The van der Waals surface area contributed by atoms with Crippen LogP contribution in [0.4, 0.5) is 13.2 Å². The summed E-state index contributed by atoms with van der Waals surface area (Å²) in [5.41, 5.74) is 10.4. The van der Waals surface area contributed by atoms with Crippen LogP contribution in [0.5, 0.6) is 5.75 Å². The van der Waals surface area contributed by atoms with Gasteiger partial charge in [0.25, 0.3) is 0 Å². The molecule has 0 aliphatic carbocycles. The molecule has 0 aliphatic rings. The van der Waals surface area contributed by atoms with Crippen molar-refractivity contribution in [3.63, 3.8) is 0 Å². The van der Waals surface area contributed by atoms with Gasteiger partial charge in [-0.25, -0.2) is 0 Å². The van der Waals surface area contributed by atoms with Gasteiger partial charge in [0.1, 0.15) is 5.75 Å². The van der Waals surface area contributed by atoms with E-state index in [1.165, 1.54) is 13.2 Å². The summed E-state index contributed by atoms with van der Waals surface area (Å²) in [6.45, 7) is 0.0739. The smallest absolute Gasteiger partial charge is 0.416 e. The molecule has 0 saturated heterocycles. The molecule has 4 N–H and O–H groups in total. The van der Waals surface area contributed by atoms with Crippen molar-refractivity contribution in [3.05, 3.63) is 29.3 Å². The predicted molar refractivity (Wildman–Crippen MR) is 61.2 cm³/mol. The van der Waals surface area contributed by atoms with Gasteiger partial charge >= 0.3 is 6.18 Å². The van der Waals surface area contributed by atoms with E-state index in [4.69, 9.17) is 16.2 Å². The minimum Gasteiger partial charge on any atom is -0.497 e. The highest BCUT2D eigenvalue weighted by Gasteiger charge is 2.31. The van der Waals surface area contributed by atoms with Crippen molar-refractivity contribution in [2.75, 3.05) is 13.7 Å². The first-order valence-corrected chi connectivity index (χ1v) is 4.60. The van der Waals surface area contributed by atoms with Gasteiger partial charge in [0.2, 0.25) is 0 Å². The highest BCUT2D eigenvalue weighted by Crippen LogP contribution is 2.33. The summed E-state index contributed by atoms with van der Waals surface area (Å²) in [6.07, 6.45) is -4.42. The summed E-state index contributed by atoms with van der Waals surface area (Å²) < 4.78 is 42.4. The highest BCUT2D eigenvalue weighted by molar-refractivity contribution is 5.85. The third kappa shape index (κ3) is 4.07. The Labute approximate surface area is 103 Å². The molecular weight excluding hydrogens is 257 g/mol. The van der Waals surface area contributed by atoms with Crippen LogP contribution in [0, 0.1) is 0 Å². The Kier molecular flexibility index (Phi) is 5.74. The van der Waals surface area contributed by atoms with Crippen molar-refractivity contribution in [2.45, 2.75) is 12.2 Å². The Morgan fingerprint density at radius 1 is 1.29 bits per heavy atom. The maximum Gasteiger partial charge on any atom is 0.416 e. The zero-order chi connectivity index (χ0) is 12.3. The van der Waals surface area contributed by atoms with Crippen LogP contribution in [0.1, 0.15) is 17.2 Å². The van der Waals surface area contributed by atoms with Crippen LogP contribution < -0.4 is 16.2 Å². The lowest BCUT2D eigenvalue weighted by Crippen LogP contribution is -2.21. The lowest BCUT2D eigenvalue weighted by molar-refractivity contribution is -0.137. The molecule has 0 saturated carbocycles. The van der Waals surface area contributed by atoms with Gasteiger partial charge in [0.05, 0.1) is 12.7 Å². The molecule has 17 heavy (non-hydrogen) atoms. The lowest BCUT2D eigenvalue weighted by atomic mass is 10.0. The minimum atomic E-state index is -4.42. The second-order valence-electron chi connectivity index (χ2n) is 3.33. The number of halogens is 4. The van der Waals surface area contributed by atoms with E-state index in [1.807, 2.05) is 0 Å². The average molecular weight is 271 g/mol. The fourth-order valence-electron chi connectivity index (χ4n) is 1.25.